The lowest BCUT2D eigenvalue weighted by Crippen LogP contribution is -2.56. The van der Waals surface area contributed by atoms with Crippen LogP contribution in [0.5, 0.6) is 5.75 Å². The van der Waals surface area contributed by atoms with Gasteiger partial charge in [-0.15, -0.1) is 11.3 Å². The van der Waals surface area contributed by atoms with E-state index >= 15 is 0 Å². The summed E-state index contributed by atoms with van der Waals surface area (Å²) in [5.74, 6) is 0.0809. The molecule has 8 nitrogen and oxygen atoms in total. The third-order valence-electron chi connectivity index (χ3n) is 5.72. The number of anilines is 1. The standard InChI is InChI=1S/C22H26N4O4S/c1-12-11-31-19(23-12)15-7-8-16(27)17-18(15)29-20(24-17)25-9-13-5-6-14(10-25)26(13)21(28)30-22(2,3)4/h7-8,11,13-14,27H,5-6,9-10H2,1-4H3. The van der Waals surface area contributed by atoms with Crippen molar-refractivity contribution < 1.29 is 19.1 Å². The molecule has 4 heterocycles. The number of nitrogens with zero attached hydrogens (tertiary/aromatic N) is 4. The van der Waals surface area contributed by atoms with Crippen molar-refractivity contribution in [1.82, 2.24) is 14.9 Å². The number of phenolic OH excluding ortho intramolecular Hbond substituents is 1. The van der Waals surface area contributed by atoms with Crippen LogP contribution in [0.1, 0.15) is 39.3 Å². The van der Waals surface area contributed by atoms with Gasteiger partial charge in [0.15, 0.2) is 11.1 Å². The Balaban J connectivity index is 1.44. The first-order chi connectivity index (χ1) is 14.7. The van der Waals surface area contributed by atoms with Crippen molar-refractivity contribution in [1.29, 1.82) is 0 Å². The van der Waals surface area contributed by atoms with Gasteiger partial charge in [0.2, 0.25) is 0 Å². The Morgan fingerprint density at radius 3 is 2.55 bits per heavy atom. The number of benzene rings is 1. The third-order valence-corrected chi connectivity index (χ3v) is 6.71. The number of piperazine rings is 1. The number of rotatable bonds is 2. The molecule has 2 aliphatic heterocycles. The van der Waals surface area contributed by atoms with Crippen LogP contribution in [0.25, 0.3) is 21.7 Å². The highest BCUT2D eigenvalue weighted by atomic mass is 32.1. The van der Waals surface area contributed by atoms with Crippen LogP contribution >= 0.6 is 11.3 Å². The second-order valence-electron chi connectivity index (χ2n) is 9.28. The molecule has 2 unspecified atom stereocenters. The van der Waals surface area contributed by atoms with E-state index in [1.807, 2.05) is 44.0 Å². The number of phenols is 1. The fraction of sp³-hybridized carbons (Fsp3) is 0.500. The van der Waals surface area contributed by atoms with Crippen LogP contribution in [0.15, 0.2) is 21.9 Å². The number of amides is 1. The summed E-state index contributed by atoms with van der Waals surface area (Å²) in [7, 11) is 0. The van der Waals surface area contributed by atoms with Gasteiger partial charge >= 0.3 is 6.09 Å². The molecule has 31 heavy (non-hydrogen) atoms. The van der Waals surface area contributed by atoms with Crippen LogP contribution in [-0.4, -0.2) is 56.8 Å². The number of hydrogen-bond donors (Lipinski definition) is 1. The van der Waals surface area contributed by atoms with Gasteiger partial charge < -0.3 is 19.2 Å². The molecule has 9 heteroatoms. The van der Waals surface area contributed by atoms with Crippen LogP contribution in [-0.2, 0) is 4.74 Å². The molecule has 2 aromatic heterocycles. The summed E-state index contributed by atoms with van der Waals surface area (Å²) in [6.45, 7) is 8.84. The number of aromatic nitrogens is 2. The van der Waals surface area contributed by atoms with Crippen LogP contribution in [0, 0.1) is 6.92 Å². The van der Waals surface area contributed by atoms with E-state index in [1.54, 1.807) is 6.07 Å². The summed E-state index contributed by atoms with van der Waals surface area (Å²) in [6, 6.07) is 4.02. The molecule has 3 aromatic rings. The molecule has 2 saturated heterocycles. The van der Waals surface area contributed by atoms with Crippen LogP contribution in [0.3, 0.4) is 0 Å². The van der Waals surface area contributed by atoms with E-state index in [9.17, 15) is 9.90 Å². The minimum absolute atomic E-state index is 0.0540. The fourth-order valence-electron chi connectivity index (χ4n) is 4.44. The molecule has 0 spiro atoms. The predicted octanol–water partition coefficient (Wildman–Crippen LogP) is 4.55. The first-order valence-corrected chi connectivity index (χ1v) is 11.4. The Hall–Kier alpha value is -2.81. The zero-order valence-corrected chi connectivity index (χ0v) is 18.9. The van der Waals surface area contributed by atoms with Gasteiger partial charge in [-0.05, 0) is 52.7 Å². The van der Waals surface area contributed by atoms with Gasteiger partial charge in [0.25, 0.3) is 6.01 Å². The number of ether oxygens (including phenoxy) is 1. The van der Waals surface area contributed by atoms with Gasteiger partial charge in [-0.3, -0.25) is 4.90 Å². The Morgan fingerprint density at radius 1 is 1.23 bits per heavy atom. The molecular weight excluding hydrogens is 416 g/mol. The van der Waals surface area contributed by atoms with Crippen LogP contribution in [0.4, 0.5) is 10.8 Å². The minimum Gasteiger partial charge on any atom is -0.506 e. The fourth-order valence-corrected chi connectivity index (χ4v) is 5.25. The molecule has 164 valence electrons. The molecular formula is C22H26N4O4S. The summed E-state index contributed by atoms with van der Waals surface area (Å²) in [6.07, 6.45) is 1.60. The number of oxazole rings is 1. The van der Waals surface area contributed by atoms with Crippen molar-refractivity contribution in [2.75, 3.05) is 18.0 Å². The first-order valence-electron chi connectivity index (χ1n) is 10.5. The largest absolute Gasteiger partial charge is 0.506 e. The van der Waals surface area contributed by atoms with Crippen molar-refractivity contribution in [2.24, 2.45) is 0 Å². The normalized spacial score (nSPS) is 21.2. The Bertz CT molecular complexity index is 1130. The SMILES string of the molecule is Cc1csc(-c2ccc(O)c3nc(N4CC5CCC(C4)N5C(=O)OC(C)(C)C)oc23)n1. The van der Waals surface area contributed by atoms with E-state index in [4.69, 9.17) is 9.15 Å². The molecule has 1 N–H and O–H groups in total. The number of aryl methyl sites for hydroxylation is 1. The molecule has 0 radical (unpaired) electrons. The summed E-state index contributed by atoms with van der Waals surface area (Å²) in [5.41, 5.74) is 2.21. The Kier molecular flexibility index (Phi) is 4.62. The number of carbonyl (C=O) groups excluding carboxylic acids is 1. The monoisotopic (exact) mass is 442 g/mol. The maximum atomic E-state index is 12.7. The van der Waals surface area contributed by atoms with E-state index in [0.717, 1.165) is 29.1 Å². The van der Waals surface area contributed by atoms with E-state index < -0.39 is 5.60 Å². The number of thiazole rings is 1. The van der Waals surface area contributed by atoms with E-state index in [0.29, 0.717) is 30.2 Å². The quantitative estimate of drug-likeness (QED) is 0.622. The van der Waals surface area contributed by atoms with Crippen molar-refractivity contribution in [3.8, 4) is 16.3 Å². The van der Waals surface area contributed by atoms with Gasteiger partial charge in [0, 0.05) is 24.2 Å². The lowest BCUT2D eigenvalue weighted by molar-refractivity contribution is 0.0120. The summed E-state index contributed by atoms with van der Waals surface area (Å²) < 4.78 is 11.8. The molecule has 2 bridgehead atoms. The molecule has 1 aromatic carbocycles. The van der Waals surface area contributed by atoms with Gasteiger partial charge in [0.05, 0.1) is 17.6 Å². The van der Waals surface area contributed by atoms with Crippen LogP contribution in [0.2, 0.25) is 0 Å². The zero-order valence-electron chi connectivity index (χ0n) is 18.1. The molecule has 2 atom stereocenters. The number of aromatic hydroxyl groups is 1. The highest BCUT2D eigenvalue weighted by Crippen LogP contribution is 2.39. The Labute approximate surface area is 184 Å². The Morgan fingerprint density at radius 2 is 1.94 bits per heavy atom. The maximum absolute atomic E-state index is 12.7. The van der Waals surface area contributed by atoms with E-state index in [2.05, 4.69) is 14.9 Å². The smallest absolute Gasteiger partial charge is 0.410 e. The number of hydrogen-bond acceptors (Lipinski definition) is 8. The molecule has 5 rings (SSSR count). The maximum Gasteiger partial charge on any atom is 0.410 e. The zero-order chi connectivity index (χ0) is 21.9. The van der Waals surface area contributed by atoms with E-state index in [-0.39, 0.29) is 23.9 Å². The lowest BCUT2D eigenvalue weighted by atomic mass is 10.2. The third kappa shape index (κ3) is 3.60. The number of fused-ring (bicyclic) bond motifs is 3. The minimum atomic E-state index is -0.518. The topological polar surface area (TPSA) is 91.9 Å². The van der Waals surface area contributed by atoms with Gasteiger partial charge in [-0.25, -0.2) is 9.78 Å². The van der Waals surface area contributed by atoms with Crippen molar-refractivity contribution in [3.63, 3.8) is 0 Å². The lowest BCUT2D eigenvalue weighted by Gasteiger charge is -2.40. The van der Waals surface area contributed by atoms with Crippen molar-refractivity contribution in [3.05, 3.63) is 23.2 Å². The van der Waals surface area contributed by atoms with E-state index in [1.165, 1.54) is 11.3 Å². The van der Waals surface area contributed by atoms with Gasteiger partial charge in [-0.1, -0.05) is 0 Å². The molecule has 2 fully saturated rings. The highest BCUT2D eigenvalue weighted by molar-refractivity contribution is 7.13. The molecule has 1 amide bonds. The predicted molar refractivity (Wildman–Crippen MR) is 119 cm³/mol. The van der Waals surface area contributed by atoms with Gasteiger partial charge in [0.1, 0.15) is 16.4 Å². The van der Waals surface area contributed by atoms with Gasteiger partial charge in [-0.2, -0.15) is 4.98 Å². The summed E-state index contributed by atoms with van der Waals surface area (Å²) in [4.78, 5) is 25.8. The van der Waals surface area contributed by atoms with Crippen molar-refractivity contribution in [2.45, 2.75) is 58.2 Å². The molecule has 0 saturated carbocycles. The summed E-state index contributed by atoms with van der Waals surface area (Å²) >= 11 is 1.53. The van der Waals surface area contributed by atoms with Crippen LogP contribution < -0.4 is 4.90 Å². The second-order valence-corrected chi connectivity index (χ2v) is 10.1. The number of carbonyl (C=O) groups is 1. The van der Waals surface area contributed by atoms with Crippen molar-refractivity contribution >= 4 is 34.5 Å². The summed E-state index contributed by atoms with van der Waals surface area (Å²) in [5, 5.41) is 13.2. The highest BCUT2D eigenvalue weighted by Gasteiger charge is 2.45. The average Bonchev–Trinajstić information content (AvgIpc) is 3.37. The molecule has 0 aliphatic carbocycles. The average molecular weight is 443 g/mol. The molecule has 2 aliphatic rings. The first kappa shape index (κ1) is 20.1. The second kappa shape index (κ2) is 7.12.